The number of H-pyrrole nitrogens is 1. The second-order valence-corrected chi connectivity index (χ2v) is 3.31. The van der Waals surface area contributed by atoms with Crippen molar-refractivity contribution in [3.63, 3.8) is 0 Å². The second-order valence-electron chi connectivity index (χ2n) is 2.23. The Labute approximate surface area is 76.6 Å². The topological polar surface area (TPSA) is 48.9 Å². The smallest absolute Gasteiger partial charge is 0.129 e. The van der Waals surface area contributed by atoms with E-state index in [-0.39, 0.29) is 0 Å². The molecule has 0 spiro atoms. The SMILES string of the molecule is Oc1ccc2[nH]ncc2c1I. The summed E-state index contributed by atoms with van der Waals surface area (Å²) in [5, 5.41) is 16.9. The molecule has 2 rings (SSSR count). The summed E-state index contributed by atoms with van der Waals surface area (Å²) in [5.41, 5.74) is 0.951. The van der Waals surface area contributed by atoms with Crippen LogP contribution in [0.4, 0.5) is 0 Å². The predicted molar refractivity (Wildman–Crippen MR) is 50.5 cm³/mol. The zero-order valence-corrected chi connectivity index (χ0v) is 7.66. The van der Waals surface area contributed by atoms with E-state index in [1.54, 1.807) is 18.3 Å². The van der Waals surface area contributed by atoms with Crippen LogP contribution < -0.4 is 0 Å². The van der Waals surface area contributed by atoms with E-state index in [0.717, 1.165) is 14.5 Å². The van der Waals surface area contributed by atoms with Gasteiger partial charge in [0.05, 0.1) is 15.3 Å². The summed E-state index contributed by atoms with van der Waals surface area (Å²) in [6, 6.07) is 3.46. The first-order valence-corrected chi connectivity index (χ1v) is 4.17. The Balaban J connectivity index is 2.93. The highest BCUT2D eigenvalue weighted by atomic mass is 127. The number of hydrogen-bond acceptors (Lipinski definition) is 2. The molecule has 0 aliphatic heterocycles. The van der Waals surface area contributed by atoms with Crippen LogP contribution in [0.2, 0.25) is 0 Å². The fourth-order valence-corrected chi connectivity index (χ4v) is 1.58. The standard InChI is InChI=1S/C7H5IN2O/c8-7-4-3-9-10-5(4)1-2-6(7)11/h1-3,11H,(H,9,10). The molecule has 3 nitrogen and oxygen atoms in total. The number of fused-ring (bicyclic) bond motifs is 1. The van der Waals surface area contributed by atoms with Gasteiger partial charge in [0.15, 0.2) is 0 Å². The zero-order valence-electron chi connectivity index (χ0n) is 5.50. The van der Waals surface area contributed by atoms with Crippen molar-refractivity contribution in [3.8, 4) is 5.75 Å². The third kappa shape index (κ3) is 0.973. The van der Waals surface area contributed by atoms with E-state index in [1.165, 1.54) is 0 Å². The third-order valence-corrected chi connectivity index (χ3v) is 2.67. The Morgan fingerprint density at radius 1 is 1.45 bits per heavy atom. The van der Waals surface area contributed by atoms with E-state index >= 15 is 0 Å². The average Bonchev–Trinajstić information content (AvgIpc) is 2.45. The molecule has 0 fully saturated rings. The number of phenolic OH excluding ortho intramolecular Hbond substituents is 1. The van der Waals surface area contributed by atoms with Crippen LogP contribution in [0.15, 0.2) is 18.3 Å². The number of phenols is 1. The minimum absolute atomic E-state index is 0.305. The summed E-state index contributed by atoms with van der Waals surface area (Å²) in [7, 11) is 0. The molecule has 0 amide bonds. The first-order valence-electron chi connectivity index (χ1n) is 3.09. The number of nitrogens with zero attached hydrogens (tertiary/aromatic N) is 1. The second kappa shape index (κ2) is 2.37. The van der Waals surface area contributed by atoms with E-state index < -0.39 is 0 Å². The average molecular weight is 260 g/mol. The van der Waals surface area contributed by atoms with Gasteiger partial charge < -0.3 is 5.11 Å². The Kier molecular flexibility index (Phi) is 1.49. The van der Waals surface area contributed by atoms with Crippen molar-refractivity contribution >= 4 is 33.5 Å². The molecular weight excluding hydrogens is 255 g/mol. The van der Waals surface area contributed by atoms with Crippen molar-refractivity contribution in [1.82, 2.24) is 10.2 Å². The summed E-state index contributed by atoms with van der Waals surface area (Å²) < 4.78 is 0.842. The van der Waals surface area contributed by atoms with Gasteiger partial charge in [0.1, 0.15) is 5.75 Å². The summed E-state index contributed by atoms with van der Waals surface area (Å²) in [6.45, 7) is 0. The molecule has 0 bridgehead atoms. The van der Waals surface area contributed by atoms with Crippen molar-refractivity contribution in [2.75, 3.05) is 0 Å². The molecule has 0 radical (unpaired) electrons. The number of aromatic hydroxyl groups is 1. The molecule has 1 heterocycles. The van der Waals surface area contributed by atoms with Gasteiger partial charge in [0.25, 0.3) is 0 Å². The fourth-order valence-electron chi connectivity index (χ4n) is 0.971. The molecule has 2 aromatic rings. The van der Waals surface area contributed by atoms with Gasteiger partial charge in [-0.05, 0) is 34.7 Å². The van der Waals surface area contributed by atoms with Crippen LogP contribution in [0, 0.1) is 3.57 Å². The van der Waals surface area contributed by atoms with Crippen LogP contribution in [0.1, 0.15) is 0 Å². The van der Waals surface area contributed by atoms with E-state index in [2.05, 4.69) is 32.8 Å². The van der Waals surface area contributed by atoms with Gasteiger partial charge in [0.2, 0.25) is 0 Å². The highest BCUT2D eigenvalue weighted by Gasteiger charge is 2.03. The third-order valence-electron chi connectivity index (χ3n) is 1.54. The first-order chi connectivity index (χ1) is 5.29. The molecule has 11 heavy (non-hydrogen) atoms. The molecule has 1 aromatic heterocycles. The first kappa shape index (κ1) is 6.90. The van der Waals surface area contributed by atoms with Crippen LogP contribution in [-0.2, 0) is 0 Å². The van der Waals surface area contributed by atoms with Crippen LogP contribution in [0.5, 0.6) is 5.75 Å². The fraction of sp³-hybridized carbons (Fsp3) is 0. The van der Waals surface area contributed by atoms with Gasteiger partial charge >= 0.3 is 0 Å². The molecular formula is C7H5IN2O. The molecule has 4 heteroatoms. The van der Waals surface area contributed by atoms with Crippen molar-refractivity contribution in [2.45, 2.75) is 0 Å². The van der Waals surface area contributed by atoms with E-state index in [4.69, 9.17) is 0 Å². The number of halogens is 1. The van der Waals surface area contributed by atoms with Gasteiger partial charge in [-0.1, -0.05) is 0 Å². The van der Waals surface area contributed by atoms with Gasteiger partial charge in [0, 0.05) is 5.39 Å². The molecule has 0 atom stereocenters. The molecule has 0 aliphatic carbocycles. The maximum atomic E-state index is 9.29. The Morgan fingerprint density at radius 3 is 3.09 bits per heavy atom. The quantitative estimate of drug-likeness (QED) is 0.710. The lowest BCUT2D eigenvalue weighted by molar-refractivity contribution is 0.472. The van der Waals surface area contributed by atoms with Gasteiger partial charge in [-0.15, -0.1) is 0 Å². The number of rotatable bonds is 0. The lowest BCUT2D eigenvalue weighted by Crippen LogP contribution is -1.74. The summed E-state index contributed by atoms with van der Waals surface area (Å²) in [4.78, 5) is 0. The van der Waals surface area contributed by atoms with Gasteiger partial charge in [-0.2, -0.15) is 5.10 Å². The summed E-state index contributed by atoms with van der Waals surface area (Å²) >= 11 is 2.09. The number of nitrogens with one attached hydrogen (secondary N) is 1. The normalized spacial score (nSPS) is 10.6. The molecule has 0 saturated carbocycles. The van der Waals surface area contributed by atoms with Crippen molar-refractivity contribution in [1.29, 1.82) is 0 Å². The minimum atomic E-state index is 0.305. The number of hydrogen-bond donors (Lipinski definition) is 2. The highest BCUT2D eigenvalue weighted by Crippen LogP contribution is 2.26. The van der Waals surface area contributed by atoms with Crippen molar-refractivity contribution in [2.24, 2.45) is 0 Å². The molecule has 2 N–H and O–H groups in total. The largest absolute Gasteiger partial charge is 0.507 e. The lowest BCUT2D eigenvalue weighted by Gasteiger charge is -1.95. The Hall–Kier alpha value is -0.780. The molecule has 56 valence electrons. The maximum Gasteiger partial charge on any atom is 0.129 e. The van der Waals surface area contributed by atoms with E-state index in [0.29, 0.717) is 5.75 Å². The van der Waals surface area contributed by atoms with Crippen LogP contribution in [-0.4, -0.2) is 15.3 Å². The molecule has 1 aromatic carbocycles. The maximum absolute atomic E-state index is 9.29. The van der Waals surface area contributed by atoms with Crippen LogP contribution in [0.25, 0.3) is 10.9 Å². The predicted octanol–water partition coefficient (Wildman–Crippen LogP) is 1.87. The van der Waals surface area contributed by atoms with Crippen molar-refractivity contribution < 1.29 is 5.11 Å². The lowest BCUT2D eigenvalue weighted by atomic mass is 10.2. The van der Waals surface area contributed by atoms with Gasteiger partial charge in [-0.3, -0.25) is 5.10 Å². The van der Waals surface area contributed by atoms with Crippen molar-refractivity contribution in [3.05, 3.63) is 21.9 Å². The zero-order chi connectivity index (χ0) is 7.84. The monoisotopic (exact) mass is 260 g/mol. The summed E-state index contributed by atoms with van der Waals surface area (Å²) in [6.07, 6.45) is 1.71. The molecule has 0 saturated heterocycles. The summed E-state index contributed by atoms with van der Waals surface area (Å²) in [5.74, 6) is 0.305. The van der Waals surface area contributed by atoms with E-state index in [1.807, 2.05) is 0 Å². The number of aromatic amines is 1. The Bertz CT molecular complexity index is 396. The number of aromatic nitrogens is 2. The highest BCUT2D eigenvalue weighted by molar-refractivity contribution is 14.1. The molecule has 0 unspecified atom stereocenters. The number of benzene rings is 1. The molecule has 0 aliphatic rings. The van der Waals surface area contributed by atoms with E-state index in [9.17, 15) is 5.11 Å². The van der Waals surface area contributed by atoms with Crippen LogP contribution >= 0.6 is 22.6 Å². The Morgan fingerprint density at radius 2 is 2.27 bits per heavy atom. The van der Waals surface area contributed by atoms with Crippen LogP contribution in [0.3, 0.4) is 0 Å². The van der Waals surface area contributed by atoms with Gasteiger partial charge in [-0.25, -0.2) is 0 Å². The minimum Gasteiger partial charge on any atom is -0.507 e.